The minimum atomic E-state index is -4.54. The van der Waals surface area contributed by atoms with Crippen molar-refractivity contribution in [1.82, 2.24) is 19.4 Å². The first-order valence-electron chi connectivity index (χ1n) is 13.1. The van der Waals surface area contributed by atoms with Gasteiger partial charge in [-0.2, -0.15) is 23.7 Å². The van der Waals surface area contributed by atoms with Crippen LogP contribution in [0.1, 0.15) is 48.0 Å². The number of piperazine rings is 1. The number of fused-ring (bicyclic) bond motifs is 1. The monoisotopic (exact) mass is 575 g/mol. The van der Waals surface area contributed by atoms with Crippen LogP contribution < -0.4 is 10.5 Å². The van der Waals surface area contributed by atoms with Crippen LogP contribution in [0.4, 0.5) is 23.2 Å². The summed E-state index contributed by atoms with van der Waals surface area (Å²) in [6.07, 6.45) is -3.75. The summed E-state index contributed by atoms with van der Waals surface area (Å²) in [5.74, 6) is -0.449. The highest BCUT2D eigenvalue weighted by atomic mass is 19.4. The molecule has 1 aliphatic rings. The van der Waals surface area contributed by atoms with E-state index in [4.69, 9.17) is 0 Å². The molecule has 0 spiro atoms. The van der Waals surface area contributed by atoms with Gasteiger partial charge in [0.25, 0.3) is 5.56 Å². The number of aromatic nitrogens is 3. The van der Waals surface area contributed by atoms with Crippen LogP contribution in [0.2, 0.25) is 0 Å². The van der Waals surface area contributed by atoms with Gasteiger partial charge < -0.3 is 9.47 Å². The van der Waals surface area contributed by atoms with E-state index in [0.29, 0.717) is 41.1 Å². The Balaban J connectivity index is 1.59. The van der Waals surface area contributed by atoms with Gasteiger partial charge in [0.15, 0.2) is 0 Å². The molecule has 42 heavy (non-hydrogen) atoms. The summed E-state index contributed by atoms with van der Waals surface area (Å²) in [6.45, 7) is 4.49. The number of pyridine rings is 3. The molecule has 5 rings (SSSR count). The summed E-state index contributed by atoms with van der Waals surface area (Å²) < 4.78 is 55.0. The lowest BCUT2D eigenvalue weighted by atomic mass is 9.95. The maximum atomic E-state index is 13.8. The summed E-state index contributed by atoms with van der Waals surface area (Å²) >= 11 is 0. The van der Waals surface area contributed by atoms with E-state index in [1.54, 1.807) is 18.2 Å². The molecule has 1 aromatic carbocycles. The van der Waals surface area contributed by atoms with Gasteiger partial charge in [-0.1, -0.05) is 12.1 Å². The smallest absolute Gasteiger partial charge is 0.363 e. The molecule has 3 atom stereocenters. The first-order chi connectivity index (χ1) is 19.9. The van der Waals surface area contributed by atoms with Gasteiger partial charge in [-0.3, -0.25) is 14.7 Å². The molecule has 0 aliphatic carbocycles. The van der Waals surface area contributed by atoms with Crippen LogP contribution in [-0.2, 0) is 13.2 Å². The van der Waals surface area contributed by atoms with Crippen molar-refractivity contribution in [1.29, 1.82) is 10.5 Å². The lowest BCUT2D eigenvalue weighted by Gasteiger charge is -2.48. The second kappa shape index (κ2) is 10.9. The average Bonchev–Trinajstić information content (AvgIpc) is 2.97. The zero-order valence-electron chi connectivity index (χ0n) is 22.9. The Morgan fingerprint density at radius 1 is 0.976 bits per heavy atom. The van der Waals surface area contributed by atoms with Gasteiger partial charge in [0.1, 0.15) is 34.7 Å². The molecule has 3 aromatic heterocycles. The lowest BCUT2D eigenvalue weighted by molar-refractivity contribution is -0.137. The molecule has 0 bridgehead atoms. The first-order valence-corrected chi connectivity index (χ1v) is 13.1. The summed E-state index contributed by atoms with van der Waals surface area (Å²) in [4.78, 5) is 25.8. The zero-order valence-corrected chi connectivity index (χ0v) is 22.9. The van der Waals surface area contributed by atoms with Crippen LogP contribution in [0.5, 0.6) is 0 Å². The van der Waals surface area contributed by atoms with E-state index in [-0.39, 0.29) is 23.3 Å². The van der Waals surface area contributed by atoms with Gasteiger partial charge in [-0.05, 0) is 55.8 Å². The Labute approximate surface area is 238 Å². The van der Waals surface area contributed by atoms with E-state index in [1.807, 2.05) is 30.9 Å². The van der Waals surface area contributed by atoms with E-state index in [9.17, 15) is 32.9 Å². The zero-order chi connectivity index (χ0) is 30.3. The largest absolute Gasteiger partial charge is 0.417 e. The Bertz CT molecular complexity index is 1790. The summed E-state index contributed by atoms with van der Waals surface area (Å²) in [5.41, 5.74) is 0.821. The van der Waals surface area contributed by atoms with E-state index >= 15 is 0 Å². The maximum absolute atomic E-state index is 13.8. The number of benzene rings is 1. The van der Waals surface area contributed by atoms with Crippen molar-refractivity contribution in [3.8, 4) is 12.1 Å². The Morgan fingerprint density at radius 3 is 2.29 bits per heavy atom. The van der Waals surface area contributed by atoms with Gasteiger partial charge >= 0.3 is 6.18 Å². The molecule has 1 saturated heterocycles. The summed E-state index contributed by atoms with van der Waals surface area (Å²) in [7, 11) is 1.54. The number of alkyl halides is 3. The van der Waals surface area contributed by atoms with E-state index in [2.05, 4.69) is 14.9 Å². The number of halogens is 4. The molecule has 1 fully saturated rings. The van der Waals surface area contributed by atoms with Crippen LogP contribution >= 0.6 is 0 Å². The highest BCUT2D eigenvalue weighted by Crippen LogP contribution is 2.37. The molecule has 1 unspecified atom stereocenters. The van der Waals surface area contributed by atoms with Crippen molar-refractivity contribution in [2.45, 2.75) is 38.1 Å². The molecule has 0 saturated carbocycles. The van der Waals surface area contributed by atoms with Crippen molar-refractivity contribution in [3.63, 3.8) is 0 Å². The maximum Gasteiger partial charge on any atom is 0.417 e. The fraction of sp³-hybridized carbons (Fsp3) is 0.300. The van der Waals surface area contributed by atoms with Crippen molar-refractivity contribution in [3.05, 3.63) is 99.0 Å². The Hall–Kier alpha value is -4.81. The van der Waals surface area contributed by atoms with Gasteiger partial charge in [0.2, 0.25) is 0 Å². The Kier molecular flexibility index (Phi) is 7.43. The molecule has 0 radical (unpaired) electrons. The van der Waals surface area contributed by atoms with Crippen LogP contribution in [0, 0.1) is 28.5 Å². The third-order valence-corrected chi connectivity index (χ3v) is 7.67. The second-order valence-electron chi connectivity index (χ2n) is 10.3. The fourth-order valence-electron chi connectivity index (χ4n) is 5.57. The minimum absolute atomic E-state index is 0.0976. The molecule has 4 aromatic rings. The molecule has 0 N–H and O–H groups in total. The van der Waals surface area contributed by atoms with E-state index < -0.39 is 29.2 Å². The molecule has 12 heteroatoms. The predicted molar refractivity (Wildman–Crippen MR) is 147 cm³/mol. The average molecular weight is 576 g/mol. The third kappa shape index (κ3) is 5.06. The molecule has 8 nitrogen and oxygen atoms in total. The molecular formula is C30H25F4N7O. The number of anilines is 1. The highest BCUT2D eigenvalue weighted by Gasteiger charge is 2.38. The number of nitriles is 2. The molecule has 4 heterocycles. The predicted octanol–water partition coefficient (Wildman–Crippen LogP) is 4.92. The number of hydrogen-bond donors (Lipinski definition) is 0. The number of hydrogen-bond acceptors (Lipinski definition) is 7. The molecule has 214 valence electrons. The number of aryl methyl sites for hydroxylation is 1. The SMILES string of the molecule is C[C@@H]1CN(c2c(C#N)c(=O)n(C)c3ccc(C#N)nc23)[C@@H](C)CN1C(c1ccc(F)cc1)c1ccc(C(F)(F)F)cn1. The van der Waals surface area contributed by atoms with Gasteiger partial charge in [-0.15, -0.1) is 0 Å². The topological polar surface area (TPSA) is 102 Å². The highest BCUT2D eigenvalue weighted by molar-refractivity contribution is 5.92. The van der Waals surface area contributed by atoms with Crippen LogP contribution in [0.15, 0.2) is 59.5 Å². The van der Waals surface area contributed by atoms with E-state index in [1.165, 1.54) is 35.9 Å². The minimum Gasteiger partial charge on any atom is -0.363 e. The van der Waals surface area contributed by atoms with Crippen molar-refractivity contribution < 1.29 is 17.6 Å². The van der Waals surface area contributed by atoms with Crippen molar-refractivity contribution >= 4 is 16.7 Å². The number of nitrogens with zero attached hydrogens (tertiary/aromatic N) is 7. The normalized spacial score (nSPS) is 18.5. The molecule has 0 amide bonds. The van der Waals surface area contributed by atoms with Crippen LogP contribution in [0.25, 0.3) is 11.0 Å². The fourth-order valence-corrected chi connectivity index (χ4v) is 5.57. The lowest BCUT2D eigenvalue weighted by Crippen LogP contribution is -2.58. The second-order valence-corrected chi connectivity index (χ2v) is 10.3. The quantitative estimate of drug-likeness (QED) is 0.319. The van der Waals surface area contributed by atoms with Crippen LogP contribution in [0.3, 0.4) is 0 Å². The van der Waals surface area contributed by atoms with Crippen molar-refractivity contribution in [2.75, 3.05) is 18.0 Å². The standard InChI is InChI=1S/C30H25F4N7O/c1-17-16-41(28-23(13-36)29(42)39(3)25-11-9-22(12-35)38-26(25)28)18(2)15-40(17)27(19-4-7-21(31)8-5-19)24-10-6-20(14-37-24)30(32,33)34/h4-11,14,17-18,27H,15-16H2,1-3H3/t17-,18+,27?/m1/s1. The van der Waals surface area contributed by atoms with Gasteiger partial charge in [0, 0.05) is 38.4 Å². The Morgan fingerprint density at radius 2 is 1.69 bits per heavy atom. The molecular weight excluding hydrogens is 550 g/mol. The van der Waals surface area contributed by atoms with Gasteiger partial charge in [-0.25, -0.2) is 9.37 Å². The van der Waals surface area contributed by atoms with E-state index in [0.717, 1.165) is 12.3 Å². The summed E-state index contributed by atoms with van der Waals surface area (Å²) in [6, 6.07) is 14.0. The number of rotatable bonds is 4. The van der Waals surface area contributed by atoms with Crippen molar-refractivity contribution in [2.24, 2.45) is 7.05 Å². The van der Waals surface area contributed by atoms with Crippen LogP contribution in [-0.4, -0.2) is 44.6 Å². The molecule has 1 aliphatic heterocycles. The first kappa shape index (κ1) is 28.7. The summed E-state index contributed by atoms with van der Waals surface area (Å²) in [5, 5.41) is 19.5. The van der Waals surface area contributed by atoms with Gasteiger partial charge in [0.05, 0.1) is 28.5 Å². The third-order valence-electron chi connectivity index (χ3n) is 7.67.